The van der Waals surface area contributed by atoms with E-state index < -0.39 is 5.60 Å². The molecule has 0 unspecified atom stereocenters. The molecule has 5 nitrogen and oxygen atoms in total. The summed E-state index contributed by atoms with van der Waals surface area (Å²) in [6.45, 7) is 3.59. The van der Waals surface area contributed by atoms with Crippen LogP contribution in [0.15, 0.2) is 0 Å². The molecule has 2 N–H and O–H groups in total. The van der Waals surface area contributed by atoms with Crippen LogP contribution in [-0.2, 0) is 4.74 Å². The van der Waals surface area contributed by atoms with Gasteiger partial charge in [-0.3, -0.25) is 0 Å². The molecule has 1 atom stereocenters. The summed E-state index contributed by atoms with van der Waals surface area (Å²) in [4.78, 5) is 13.7. The number of carbonyl (C=O) groups excluding carboxylic acids is 1. The van der Waals surface area contributed by atoms with E-state index in [0.29, 0.717) is 38.5 Å². The van der Waals surface area contributed by atoms with Gasteiger partial charge in [-0.15, -0.1) is 0 Å². The standard InChI is InChI=1S/C14H26N2O3/c1-11(12-4-3-5-12)15-13(17)16(2)10-14(18)6-8-19-9-7-14/h11-12,18H,3-10H2,1-2H3,(H,15,17)/t11-/m0/s1. The van der Waals surface area contributed by atoms with E-state index in [1.807, 2.05) is 0 Å². The van der Waals surface area contributed by atoms with Crippen molar-refractivity contribution < 1.29 is 14.6 Å². The van der Waals surface area contributed by atoms with Gasteiger partial charge < -0.3 is 20.1 Å². The Morgan fingerprint density at radius 1 is 1.47 bits per heavy atom. The van der Waals surface area contributed by atoms with Crippen molar-refractivity contribution in [2.45, 2.75) is 50.7 Å². The van der Waals surface area contributed by atoms with Crippen LogP contribution in [0, 0.1) is 5.92 Å². The summed E-state index contributed by atoms with van der Waals surface area (Å²) in [7, 11) is 1.75. The topological polar surface area (TPSA) is 61.8 Å². The van der Waals surface area contributed by atoms with Crippen LogP contribution in [0.4, 0.5) is 4.79 Å². The van der Waals surface area contributed by atoms with Gasteiger partial charge in [0.2, 0.25) is 0 Å². The SMILES string of the molecule is C[C@H](NC(=O)N(C)CC1(O)CCOCC1)C1CCC1. The predicted molar refractivity (Wildman–Crippen MR) is 73.0 cm³/mol. The first-order valence-electron chi connectivity index (χ1n) is 7.32. The molecule has 1 saturated carbocycles. The first kappa shape index (κ1) is 14.6. The fraction of sp³-hybridized carbons (Fsp3) is 0.929. The van der Waals surface area contributed by atoms with E-state index >= 15 is 0 Å². The summed E-state index contributed by atoms with van der Waals surface area (Å²) in [6.07, 6.45) is 4.91. The Morgan fingerprint density at radius 2 is 2.11 bits per heavy atom. The van der Waals surface area contributed by atoms with E-state index in [4.69, 9.17) is 4.74 Å². The summed E-state index contributed by atoms with van der Waals surface area (Å²) in [5.41, 5.74) is -0.788. The number of aliphatic hydroxyl groups is 1. The second-order valence-corrected chi connectivity index (χ2v) is 6.12. The molecule has 1 heterocycles. The van der Waals surface area contributed by atoms with Gasteiger partial charge in [-0.2, -0.15) is 0 Å². The normalized spacial score (nSPS) is 24.4. The third-order valence-corrected chi connectivity index (χ3v) is 4.51. The monoisotopic (exact) mass is 270 g/mol. The maximum atomic E-state index is 12.1. The zero-order chi connectivity index (χ0) is 13.9. The van der Waals surface area contributed by atoms with E-state index in [0.717, 1.165) is 0 Å². The van der Waals surface area contributed by atoms with Crippen molar-refractivity contribution >= 4 is 6.03 Å². The molecular formula is C14H26N2O3. The highest BCUT2D eigenvalue weighted by atomic mass is 16.5. The van der Waals surface area contributed by atoms with Gasteiger partial charge in [0.25, 0.3) is 0 Å². The van der Waals surface area contributed by atoms with Gasteiger partial charge in [-0.25, -0.2) is 4.79 Å². The van der Waals surface area contributed by atoms with E-state index in [-0.39, 0.29) is 12.1 Å². The molecule has 19 heavy (non-hydrogen) atoms. The van der Waals surface area contributed by atoms with Crippen molar-refractivity contribution in [2.24, 2.45) is 5.92 Å². The number of rotatable bonds is 4. The molecule has 0 radical (unpaired) electrons. The van der Waals surface area contributed by atoms with Crippen LogP contribution in [0.5, 0.6) is 0 Å². The number of hydrogen-bond donors (Lipinski definition) is 2. The van der Waals surface area contributed by atoms with E-state index in [9.17, 15) is 9.90 Å². The van der Waals surface area contributed by atoms with Gasteiger partial charge in [0.05, 0.1) is 12.1 Å². The molecule has 0 bridgehead atoms. The first-order chi connectivity index (χ1) is 9.00. The highest BCUT2D eigenvalue weighted by Gasteiger charge is 2.33. The summed E-state index contributed by atoms with van der Waals surface area (Å²) < 4.78 is 5.25. The molecule has 2 amide bonds. The average molecular weight is 270 g/mol. The molecule has 5 heteroatoms. The highest BCUT2D eigenvalue weighted by molar-refractivity contribution is 5.74. The lowest BCUT2D eigenvalue weighted by Crippen LogP contribution is -2.52. The molecule has 0 aromatic rings. The quantitative estimate of drug-likeness (QED) is 0.811. The number of urea groups is 1. The van der Waals surface area contributed by atoms with Crippen molar-refractivity contribution in [3.8, 4) is 0 Å². The summed E-state index contributed by atoms with van der Waals surface area (Å²) in [6, 6.07) is 0.146. The Labute approximate surface area is 115 Å². The summed E-state index contributed by atoms with van der Waals surface area (Å²) in [5, 5.41) is 13.4. The minimum Gasteiger partial charge on any atom is -0.388 e. The number of nitrogens with zero attached hydrogens (tertiary/aromatic N) is 1. The third-order valence-electron chi connectivity index (χ3n) is 4.51. The van der Waals surface area contributed by atoms with Crippen LogP contribution in [-0.4, -0.2) is 54.5 Å². The minimum atomic E-state index is -0.788. The van der Waals surface area contributed by atoms with E-state index in [2.05, 4.69) is 12.2 Å². The van der Waals surface area contributed by atoms with Gasteiger partial charge in [0, 0.05) is 39.1 Å². The predicted octanol–water partition coefficient (Wildman–Crippen LogP) is 1.36. The lowest BCUT2D eigenvalue weighted by Gasteiger charge is -2.37. The van der Waals surface area contributed by atoms with Gasteiger partial charge in [-0.1, -0.05) is 6.42 Å². The Kier molecular flexibility index (Phi) is 4.68. The molecule has 2 aliphatic rings. The molecule has 0 aromatic carbocycles. The molecule has 1 aliphatic carbocycles. The Morgan fingerprint density at radius 3 is 2.63 bits per heavy atom. The van der Waals surface area contributed by atoms with Crippen LogP contribution in [0.2, 0.25) is 0 Å². The Bertz CT molecular complexity index is 312. The van der Waals surface area contributed by atoms with Crippen molar-refractivity contribution in [3.63, 3.8) is 0 Å². The largest absolute Gasteiger partial charge is 0.388 e. The van der Waals surface area contributed by atoms with Crippen molar-refractivity contribution in [2.75, 3.05) is 26.8 Å². The number of nitrogens with one attached hydrogen (secondary N) is 1. The van der Waals surface area contributed by atoms with Gasteiger partial charge >= 0.3 is 6.03 Å². The molecule has 110 valence electrons. The van der Waals surface area contributed by atoms with Crippen molar-refractivity contribution in [3.05, 3.63) is 0 Å². The smallest absolute Gasteiger partial charge is 0.317 e. The molecule has 1 aliphatic heterocycles. The number of likely N-dealkylation sites (N-methyl/N-ethyl adjacent to an activating group) is 1. The maximum Gasteiger partial charge on any atom is 0.317 e. The van der Waals surface area contributed by atoms with E-state index in [1.54, 1.807) is 11.9 Å². The van der Waals surface area contributed by atoms with E-state index in [1.165, 1.54) is 19.3 Å². The third kappa shape index (κ3) is 3.83. The van der Waals surface area contributed by atoms with Gasteiger partial charge in [0.1, 0.15) is 0 Å². The zero-order valence-electron chi connectivity index (χ0n) is 12.0. The molecule has 1 saturated heterocycles. The fourth-order valence-electron chi connectivity index (χ4n) is 2.79. The van der Waals surface area contributed by atoms with Crippen molar-refractivity contribution in [1.29, 1.82) is 0 Å². The summed E-state index contributed by atoms with van der Waals surface area (Å²) >= 11 is 0. The lowest BCUT2D eigenvalue weighted by atomic mass is 9.80. The number of amides is 2. The summed E-state index contributed by atoms with van der Waals surface area (Å²) in [5.74, 6) is 0.628. The highest BCUT2D eigenvalue weighted by Crippen LogP contribution is 2.29. The number of ether oxygens (including phenoxy) is 1. The zero-order valence-corrected chi connectivity index (χ0v) is 12.0. The van der Waals surface area contributed by atoms with Crippen LogP contribution in [0.1, 0.15) is 39.0 Å². The first-order valence-corrected chi connectivity index (χ1v) is 7.32. The van der Waals surface area contributed by atoms with Crippen molar-refractivity contribution in [1.82, 2.24) is 10.2 Å². The second kappa shape index (κ2) is 6.09. The number of carbonyl (C=O) groups is 1. The van der Waals surface area contributed by atoms with Gasteiger partial charge in [0.15, 0.2) is 0 Å². The van der Waals surface area contributed by atoms with Crippen LogP contribution in [0.25, 0.3) is 0 Å². The van der Waals surface area contributed by atoms with Crippen LogP contribution >= 0.6 is 0 Å². The second-order valence-electron chi connectivity index (χ2n) is 6.12. The molecule has 0 aromatic heterocycles. The fourth-order valence-corrected chi connectivity index (χ4v) is 2.79. The Hall–Kier alpha value is -0.810. The minimum absolute atomic E-state index is 0.0840. The average Bonchev–Trinajstić information content (AvgIpc) is 2.26. The molecule has 2 fully saturated rings. The van der Waals surface area contributed by atoms with Crippen LogP contribution in [0.3, 0.4) is 0 Å². The Balaban J connectivity index is 1.77. The molecule has 0 spiro atoms. The molecular weight excluding hydrogens is 244 g/mol. The maximum absolute atomic E-state index is 12.1. The molecule has 2 rings (SSSR count). The number of hydrogen-bond acceptors (Lipinski definition) is 3. The lowest BCUT2D eigenvalue weighted by molar-refractivity contribution is -0.0723. The van der Waals surface area contributed by atoms with Gasteiger partial charge in [-0.05, 0) is 25.7 Å². The van der Waals surface area contributed by atoms with Crippen LogP contribution < -0.4 is 5.32 Å².